The van der Waals surface area contributed by atoms with Crippen molar-refractivity contribution < 1.29 is 14.3 Å². The van der Waals surface area contributed by atoms with E-state index < -0.39 is 5.41 Å². The van der Waals surface area contributed by atoms with Crippen molar-refractivity contribution in [2.75, 3.05) is 39.4 Å². The Bertz CT molecular complexity index is 722. The molecule has 2 aliphatic rings. The van der Waals surface area contributed by atoms with E-state index in [4.69, 9.17) is 4.74 Å². The highest BCUT2D eigenvalue weighted by Crippen LogP contribution is 2.26. The van der Waals surface area contributed by atoms with E-state index in [0.717, 1.165) is 25.9 Å². The minimum absolute atomic E-state index is 0.0361. The van der Waals surface area contributed by atoms with Crippen molar-refractivity contribution in [3.63, 3.8) is 0 Å². The van der Waals surface area contributed by atoms with Crippen molar-refractivity contribution >= 4 is 11.8 Å². The lowest BCUT2D eigenvalue weighted by molar-refractivity contribution is -0.144. The summed E-state index contributed by atoms with van der Waals surface area (Å²) in [5, 5.41) is 3.16. The summed E-state index contributed by atoms with van der Waals surface area (Å²) < 4.78 is 5.52. The lowest BCUT2D eigenvalue weighted by Crippen LogP contribution is -2.51. The van der Waals surface area contributed by atoms with Crippen LogP contribution in [-0.2, 0) is 14.3 Å². The van der Waals surface area contributed by atoms with Gasteiger partial charge < -0.3 is 15.0 Å². The second-order valence-electron chi connectivity index (χ2n) is 9.23. The molecule has 160 valence electrons. The van der Waals surface area contributed by atoms with Crippen LogP contribution in [0.4, 0.5) is 0 Å². The minimum Gasteiger partial charge on any atom is -0.379 e. The molecule has 2 amide bonds. The Balaban J connectivity index is 1.70. The van der Waals surface area contributed by atoms with Crippen LogP contribution < -0.4 is 5.32 Å². The lowest BCUT2D eigenvalue weighted by atomic mass is 9.94. The normalized spacial score (nSPS) is 21.8. The number of aryl methyl sites for hydroxylation is 1. The minimum atomic E-state index is -0.471. The maximum atomic E-state index is 13.0. The third-order valence-electron chi connectivity index (χ3n) is 5.84. The van der Waals surface area contributed by atoms with Gasteiger partial charge in [0.05, 0.1) is 19.3 Å². The van der Waals surface area contributed by atoms with Gasteiger partial charge in [-0.15, -0.1) is 0 Å². The van der Waals surface area contributed by atoms with Gasteiger partial charge in [0.25, 0.3) is 0 Å². The zero-order valence-electron chi connectivity index (χ0n) is 18.2. The molecule has 2 saturated heterocycles. The highest BCUT2D eigenvalue weighted by Gasteiger charge is 2.38. The van der Waals surface area contributed by atoms with Gasteiger partial charge in [-0.25, -0.2) is 0 Å². The van der Waals surface area contributed by atoms with Gasteiger partial charge >= 0.3 is 0 Å². The van der Waals surface area contributed by atoms with Crippen LogP contribution >= 0.6 is 0 Å². The van der Waals surface area contributed by atoms with Gasteiger partial charge in [-0.1, -0.05) is 50.6 Å². The molecule has 1 aromatic rings. The smallest absolute Gasteiger partial charge is 0.242 e. The van der Waals surface area contributed by atoms with Gasteiger partial charge in [0, 0.05) is 31.6 Å². The predicted octanol–water partition coefficient (Wildman–Crippen LogP) is 2.52. The number of hydrogen-bond donors (Lipinski definition) is 1. The van der Waals surface area contributed by atoms with E-state index >= 15 is 0 Å². The first-order chi connectivity index (χ1) is 13.8. The Hall–Kier alpha value is -1.92. The van der Waals surface area contributed by atoms with Crippen molar-refractivity contribution in [1.29, 1.82) is 0 Å². The number of ether oxygens (including phenoxy) is 1. The molecule has 0 aliphatic carbocycles. The fraction of sp³-hybridized carbons (Fsp3) is 0.652. The first-order valence-corrected chi connectivity index (χ1v) is 10.7. The summed E-state index contributed by atoms with van der Waals surface area (Å²) in [5.74, 6) is 0.0181. The Kier molecular flexibility index (Phi) is 6.96. The zero-order chi connectivity index (χ0) is 21.0. The van der Waals surface area contributed by atoms with Gasteiger partial charge in [0.2, 0.25) is 11.8 Å². The number of hydrogen-bond acceptors (Lipinski definition) is 4. The highest BCUT2D eigenvalue weighted by atomic mass is 16.5. The number of likely N-dealkylation sites (tertiary alicyclic amines) is 1. The van der Waals surface area contributed by atoms with E-state index in [1.807, 2.05) is 20.8 Å². The van der Waals surface area contributed by atoms with Gasteiger partial charge in [-0.3, -0.25) is 14.5 Å². The van der Waals surface area contributed by atoms with Crippen LogP contribution in [0.2, 0.25) is 0 Å². The number of rotatable bonds is 5. The average Bonchev–Trinajstić information content (AvgIpc) is 3.17. The molecule has 2 atom stereocenters. The third kappa shape index (κ3) is 5.37. The maximum absolute atomic E-state index is 13.0. The largest absolute Gasteiger partial charge is 0.379 e. The van der Waals surface area contributed by atoms with E-state index in [-0.39, 0.29) is 23.9 Å². The molecule has 2 fully saturated rings. The Labute approximate surface area is 174 Å². The van der Waals surface area contributed by atoms with Crippen LogP contribution in [0.25, 0.3) is 0 Å². The SMILES string of the molecule is Cc1cccc(C(CNC(=O)C2CCCN2C(=O)C(C)(C)C)N2CCOCC2)c1. The first-order valence-electron chi connectivity index (χ1n) is 10.7. The number of carbonyl (C=O) groups excluding carboxylic acids is 2. The van der Waals surface area contributed by atoms with Crippen molar-refractivity contribution in [3.05, 3.63) is 35.4 Å². The lowest BCUT2D eigenvalue weighted by Gasteiger charge is -2.36. The van der Waals surface area contributed by atoms with E-state index in [1.54, 1.807) is 4.90 Å². The molecule has 0 bridgehead atoms. The third-order valence-corrected chi connectivity index (χ3v) is 5.84. The topological polar surface area (TPSA) is 61.9 Å². The summed E-state index contributed by atoms with van der Waals surface area (Å²) in [6.45, 7) is 12.2. The van der Waals surface area contributed by atoms with Crippen molar-refractivity contribution in [2.24, 2.45) is 5.41 Å². The van der Waals surface area contributed by atoms with E-state index in [9.17, 15) is 9.59 Å². The molecule has 0 radical (unpaired) electrons. The van der Waals surface area contributed by atoms with Crippen molar-refractivity contribution in [2.45, 2.75) is 52.6 Å². The van der Waals surface area contributed by atoms with Crippen LogP contribution in [0, 0.1) is 12.3 Å². The Morgan fingerprint density at radius 2 is 1.93 bits per heavy atom. The standard InChI is InChI=1S/C23H35N3O3/c1-17-7-5-8-18(15-17)20(25-11-13-29-14-12-25)16-24-21(27)19-9-6-10-26(19)22(28)23(2,3)4/h5,7-8,15,19-20H,6,9-14,16H2,1-4H3,(H,24,27). The van der Waals surface area contributed by atoms with Crippen LogP contribution in [0.3, 0.4) is 0 Å². The number of nitrogens with zero attached hydrogens (tertiary/aromatic N) is 2. The summed E-state index contributed by atoms with van der Waals surface area (Å²) in [7, 11) is 0. The molecule has 29 heavy (non-hydrogen) atoms. The quantitative estimate of drug-likeness (QED) is 0.824. The molecule has 6 heteroatoms. The molecule has 2 unspecified atom stereocenters. The Morgan fingerprint density at radius 1 is 1.21 bits per heavy atom. The second kappa shape index (κ2) is 9.26. The molecule has 2 aliphatic heterocycles. The number of nitrogens with one attached hydrogen (secondary N) is 1. The van der Waals surface area contributed by atoms with E-state index in [0.29, 0.717) is 26.3 Å². The number of carbonyl (C=O) groups is 2. The molecular weight excluding hydrogens is 366 g/mol. The average molecular weight is 402 g/mol. The summed E-state index contributed by atoms with van der Waals surface area (Å²) in [5.41, 5.74) is 1.95. The predicted molar refractivity (Wildman–Crippen MR) is 114 cm³/mol. The fourth-order valence-corrected chi connectivity index (χ4v) is 4.25. The highest BCUT2D eigenvalue weighted by molar-refractivity contribution is 5.90. The van der Waals surface area contributed by atoms with Gasteiger partial charge in [0.15, 0.2) is 0 Å². The van der Waals surface area contributed by atoms with Gasteiger partial charge in [-0.2, -0.15) is 0 Å². The van der Waals surface area contributed by atoms with E-state index in [1.165, 1.54) is 11.1 Å². The van der Waals surface area contributed by atoms with E-state index in [2.05, 4.69) is 41.4 Å². The number of benzene rings is 1. The van der Waals surface area contributed by atoms with Crippen molar-refractivity contribution in [3.8, 4) is 0 Å². The monoisotopic (exact) mass is 401 g/mol. The zero-order valence-corrected chi connectivity index (χ0v) is 18.2. The van der Waals surface area contributed by atoms with Crippen LogP contribution in [0.5, 0.6) is 0 Å². The molecule has 0 aromatic heterocycles. The van der Waals surface area contributed by atoms with Crippen LogP contribution in [0.1, 0.15) is 50.8 Å². The van der Waals surface area contributed by atoms with Crippen LogP contribution in [-0.4, -0.2) is 67.0 Å². The molecule has 6 nitrogen and oxygen atoms in total. The second-order valence-corrected chi connectivity index (χ2v) is 9.23. The summed E-state index contributed by atoms with van der Waals surface area (Å²) in [6, 6.07) is 8.23. The summed E-state index contributed by atoms with van der Waals surface area (Å²) >= 11 is 0. The first kappa shape index (κ1) is 21.8. The fourth-order valence-electron chi connectivity index (χ4n) is 4.25. The summed E-state index contributed by atoms with van der Waals surface area (Å²) in [4.78, 5) is 29.9. The Morgan fingerprint density at radius 3 is 2.59 bits per heavy atom. The van der Waals surface area contributed by atoms with Crippen LogP contribution in [0.15, 0.2) is 24.3 Å². The number of amides is 2. The molecule has 0 saturated carbocycles. The molecule has 2 heterocycles. The number of morpholine rings is 1. The van der Waals surface area contributed by atoms with Crippen molar-refractivity contribution in [1.82, 2.24) is 15.1 Å². The molecule has 3 rings (SSSR count). The molecule has 1 N–H and O–H groups in total. The summed E-state index contributed by atoms with van der Waals surface area (Å²) in [6.07, 6.45) is 1.62. The molecule has 0 spiro atoms. The van der Waals surface area contributed by atoms with Gasteiger partial charge in [0.1, 0.15) is 6.04 Å². The van der Waals surface area contributed by atoms with Gasteiger partial charge in [-0.05, 0) is 25.3 Å². The maximum Gasteiger partial charge on any atom is 0.242 e. The molecule has 1 aromatic carbocycles. The molecular formula is C23H35N3O3.